The lowest BCUT2D eigenvalue weighted by molar-refractivity contribution is 0.392. The fourth-order valence-electron chi connectivity index (χ4n) is 3.24. The molecule has 1 heterocycles. The molecule has 0 bridgehead atoms. The van der Waals surface area contributed by atoms with Gasteiger partial charge in [-0.05, 0) is 55.2 Å². The van der Waals surface area contributed by atoms with Crippen LogP contribution in [0.25, 0.3) is 0 Å². The first-order valence-corrected chi connectivity index (χ1v) is 6.04. The Labute approximate surface area is 91.9 Å². The molecule has 1 aliphatic heterocycles. The third-order valence-corrected chi connectivity index (χ3v) is 4.08. The summed E-state index contributed by atoms with van der Waals surface area (Å²) in [5.41, 5.74) is 3.69. The molecule has 1 saturated heterocycles. The van der Waals surface area contributed by atoms with E-state index in [9.17, 15) is 0 Å². The van der Waals surface area contributed by atoms with E-state index in [1.807, 2.05) is 0 Å². The molecule has 2 aliphatic rings. The first kappa shape index (κ1) is 9.41. The molecule has 79 valence electrons. The smallest absolute Gasteiger partial charge is 0.0230 e. The minimum absolute atomic E-state index is 0.472. The van der Waals surface area contributed by atoms with Gasteiger partial charge in [0.15, 0.2) is 0 Å². The fourth-order valence-corrected chi connectivity index (χ4v) is 3.24. The largest absolute Gasteiger partial charge is 0.312 e. The lowest BCUT2D eigenvalue weighted by atomic mass is 9.76. The Kier molecular flexibility index (Phi) is 2.28. The molecule has 1 N–H and O–H groups in total. The van der Waals surface area contributed by atoms with E-state index < -0.39 is 0 Å². The summed E-state index contributed by atoms with van der Waals surface area (Å²) in [4.78, 5) is 0. The van der Waals surface area contributed by atoms with Crippen LogP contribution in [0.4, 0.5) is 0 Å². The van der Waals surface area contributed by atoms with E-state index in [0.29, 0.717) is 5.41 Å². The summed E-state index contributed by atoms with van der Waals surface area (Å²) in [5, 5.41) is 3.40. The van der Waals surface area contributed by atoms with E-state index in [2.05, 4.69) is 36.1 Å². The topological polar surface area (TPSA) is 12.0 Å². The van der Waals surface area contributed by atoms with Gasteiger partial charge in [0.25, 0.3) is 0 Å². The molecule has 1 heteroatoms. The average molecular weight is 200 g/mol. The van der Waals surface area contributed by atoms with Crippen molar-refractivity contribution in [3.8, 4) is 0 Å². The highest BCUT2D eigenvalue weighted by Gasteiger charge is 2.38. The van der Waals surface area contributed by atoms with Gasteiger partial charge in [0, 0.05) is 6.54 Å². The number of fused-ring (bicyclic) bond motifs is 2. The van der Waals surface area contributed by atoms with Crippen LogP contribution < -0.4 is 5.32 Å². The number of rotatable bonds is 0. The standard InChI is InChI=1S/C14H18N/c1-2-5-13-12(4-1)6-8-14(13)7-3-10-15-11-9-14/h1-2,4-5,11,15H,3,6-10H2/t14-/m0/s1. The molecular formula is C14H18N. The Morgan fingerprint density at radius 2 is 2.07 bits per heavy atom. The van der Waals surface area contributed by atoms with Gasteiger partial charge in [-0.25, -0.2) is 0 Å². The van der Waals surface area contributed by atoms with Gasteiger partial charge in [-0.2, -0.15) is 0 Å². The predicted octanol–water partition coefficient (Wildman–Crippen LogP) is 2.81. The van der Waals surface area contributed by atoms with Crippen molar-refractivity contribution in [3.63, 3.8) is 0 Å². The minimum atomic E-state index is 0.472. The summed E-state index contributed by atoms with van der Waals surface area (Å²) in [6.07, 6.45) is 6.51. The fraction of sp³-hybridized carbons (Fsp3) is 0.500. The van der Waals surface area contributed by atoms with Crippen LogP contribution in [0.2, 0.25) is 0 Å². The third kappa shape index (κ3) is 1.50. The first-order chi connectivity index (χ1) is 7.41. The SMILES string of the molecule is [CH]1C[C@]2(CCCN1)CCc1ccccc12. The van der Waals surface area contributed by atoms with E-state index in [1.54, 1.807) is 11.1 Å². The Morgan fingerprint density at radius 1 is 1.13 bits per heavy atom. The number of benzene rings is 1. The van der Waals surface area contributed by atoms with Gasteiger partial charge in [-0.3, -0.25) is 0 Å². The normalized spacial score (nSPS) is 30.1. The Bertz CT molecular complexity index is 348. The molecular weight excluding hydrogens is 182 g/mol. The van der Waals surface area contributed by atoms with Crippen LogP contribution in [0, 0.1) is 6.54 Å². The van der Waals surface area contributed by atoms with E-state index in [0.717, 1.165) is 6.54 Å². The molecule has 15 heavy (non-hydrogen) atoms. The maximum Gasteiger partial charge on any atom is 0.0230 e. The van der Waals surface area contributed by atoms with Gasteiger partial charge in [-0.1, -0.05) is 24.3 Å². The second-order valence-electron chi connectivity index (χ2n) is 4.90. The van der Waals surface area contributed by atoms with Crippen LogP contribution in [0.5, 0.6) is 0 Å². The highest BCUT2D eigenvalue weighted by Crippen LogP contribution is 2.45. The zero-order chi connectivity index (χ0) is 10.1. The van der Waals surface area contributed by atoms with Crippen molar-refractivity contribution >= 4 is 0 Å². The van der Waals surface area contributed by atoms with E-state index in [-0.39, 0.29) is 0 Å². The van der Waals surface area contributed by atoms with Crippen molar-refractivity contribution in [1.82, 2.24) is 5.32 Å². The van der Waals surface area contributed by atoms with Crippen LogP contribution in [0.3, 0.4) is 0 Å². The first-order valence-electron chi connectivity index (χ1n) is 6.04. The van der Waals surface area contributed by atoms with Crippen LogP contribution in [-0.2, 0) is 11.8 Å². The Hall–Kier alpha value is -0.820. The Balaban J connectivity index is 1.99. The summed E-state index contributed by atoms with van der Waals surface area (Å²) in [6.45, 7) is 3.44. The molecule has 0 amide bonds. The van der Waals surface area contributed by atoms with E-state index >= 15 is 0 Å². The summed E-state index contributed by atoms with van der Waals surface area (Å²) >= 11 is 0. The van der Waals surface area contributed by atoms with Gasteiger partial charge in [0.2, 0.25) is 0 Å². The number of aryl methyl sites for hydroxylation is 1. The quantitative estimate of drug-likeness (QED) is 0.679. The maximum absolute atomic E-state index is 3.40. The Morgan fingerprint density at radius 3 is 3.07 bits per heavy atom. The molecule has 1 aromatic carbocycles. The van der Waals surface area contributed by atoms with Gasteiger partial charge in [-0.15, -0.1) is 0 Å². The van der Waals surface area contributed by atoms with Crippen molar-refractivity contribution in [1.29, 1.82) is 0 Å². The van der Waals surface area contributed by atoms with Crippen molar-refractivity contribution < 1.29 is 0 Å². The lowest BCUT2D eigenvalue weighted by Gasteiger charge is -2.28. The van der Waals surface area contributed by atoms with Crippen molar-refractivity contribution in [2.45, 2.75) is 37.5 Å². The number of hydrogen-bond donors (Lipinski definition) is 1. The van der Waals surface area contributed by atoms with Gasteiger partial charge in [0.1, 0.15) is 0 Å². The minimum Gasteiger partial charge on any atom is -0.312 e. The molecule has 0 unspecified atom stereocenters. The molecule has 1 spiro atoms. The summed E-state index contributed by atoms with van der Waals surface area (Å²) < 4.78 is 0. The summed E-state index contributed by atoms with van der Waals surface area (Å²) in [6, 6.07) is 9.03. The lowest BCUT2D eigenvalue weighted by Crippen LogP contribution is -2.22. The van der Waals surface area contributed by atoms with Crippen molar-refractivity contribution in [2.75, 3.05) is 6.54 Å². The summed E-state index contributed by atoms with van der Waals surface area (Å²) in [7, 11) is 0. The average Bonchev–Trinajstić information content (AvgIpc) is 2.48. The second kappa shape index (κ2) is 3.64. The highest BCUT2D eigenvalue weighted by atomic mass is 14.9. The van der Waals surface area contributed by atoms with Crippen LogP contribution in [0.15, 0.2) is 24.3 Å². The number of nitrogens with one attached hydrogen (secondary N) is 1. The third-order valence-electron chi connectivity index (χ3n) is 4.08. The molecule has 1 nitrogen and oxygen atoms in total. The molecule has 0 aromatic heterocycles. The van der Waals surface area contributed by atoms with Crippen LogP contribution >= 0.6 is 0 Å². The van der Waals surface area contributed by atoms with Crippen molar-refractivity contribution in [3.05, 3.63) is 41.9 Å². The maximum atomic E-state index is 3.40. The second-order valence-corrected chi connectivity index (χ2v) is 4.90. The van der Waals surface area contributed by atoms with Crippen LogP contribution in [0.1, 0.15) is 36.8 Å². The molecule has 1 fully saturated rings. The molecule has 1 aromatic rings. The van der Waals surface area contributed by atoms with Crippen molar-refractivity contribution in [2.24, 2.45) is 0 Å². The summed E-state index contributed by atoms with van der Waals surface area (Å²) in [5.74, 6) is 0. The van der Waals surface area contributed by atoms with Gasteiger partial charge < -0.3 is 5.32 Å². The zero-order valence-electron chi connectivity index (χ0n) is 9.13. The van der Waals surface area contributed by atoms with Crippen LogP contribution in [-0.4, -0.2) is 6.54 Å². The highest BCUT2D eigenvalue weighted by molar-refractivity contribution is 5.39. The predicted molar refractivity (Wildman–Crippen MR) is 62.6 cm³/mol. The number of hydrogen-bond acceptors (Lipinski definition) is 1. The zero-order valence-corrected chi connectivity index (χ0v) is 9.13. The molecule has 3 rings (SSSR count). The van der Waals surface area contributed by atoms with E-state index in [1.165, 1.54) is 32.1 Å². The molecule has 1 radical (unpaired) electrons. The monoisotopic (exact) mass is 200 g/mol. The van der Waals surface area contributed by atoms with E-state index in [4.69, 9.17) is 0 Å². The molecule has 0 saturated carbocycles. The molecule has 1 atom stereocenters. The van der Waals surface area contributed by atoms with Gasteiger partial charge >= 0.3 is 0 Å². The molecule has 1 aliphatic carbocycles. The van der Waals surface area contributed by atoms with Gasteiger partial charge in [0.05, 0.1) is 0 Å².